The monoisotopic (exact) mass is 437 g/mol. The Morgan fingerprint density at radius 2 is 1.84 bits per heavy atom. The number of para-hydroxylation sites is 2. The van der Waals surface area contributed by atoms with Gasteiger partial charge in [0, 0.05) is 17.7 Å². The Labute approximate surface area is 182 Å². The van der Waals surface area contributed by atoms with Crippen molar-refractivity contribution in [3.63, 3.8) is 0 Å². The van der Waals surface area contributed by atoms with Crippen molar-refractivity contribution < 1.29 is 28.6 Å². The van der Waals surface area contributed by atoms with E-state index in [1.165, 1.54) is 16.8 Å². The van der Waals surface area contributed by atoms with E-state index in [-0.39, 0.29) is 19.3 Å². The molecule has 2 heterocycles. The highest BCUT2D eigenvalue weighted by atomic mass is 19.1. The van der Waals surface area contributed by atoms with Crippen molar-refractivity contribution in [2.75, 3.05) is 10.7 Å². The number of aryl methyl sites for hydroxylation is 1. The molecule has 0 saturated heterocycles. The van der Waals surface area contributed by atoms with Gasteiger partial charge in [0.05, 0.1) is 24.2 Å². The molecule has 1 aromatic heterocycles. The number of carbonyl (C=O) groups is 3. The van der Waals surface area contributed by atoms with Crippen LogP contribution in [-0.4, -0.2) is 33.7 Å². The fourth-order valence-electron chi connectivity index (χ4n) is 3.45. The average molecular weight is 437 g/mol. The van der Waals surface area contributed by atoms with Crippen molar-refractivity contribution in [1.29, 1.82) is 0 Å². The van der Waals surface area contributed by atoms with E-state index < -0.39 is 29.7 Å². The second-order valence-corrected chi connectivity index (χ2v) is 7.28. The Morgan fingerprint density at radius 3 is 2.59 bits per heavy atom. The van der Waals surface area contributed by atoms with Gasteiger partial charge in [-0.25, -0.2) is 4.39 Å². The molecule has 9 heteroatoms. The number of nitrogens with one attached hydrogen (secondary N) is 2. The number of carboxylic acid groups (broad SMARTS) is 1. The van der Waals surface area contributed by atoms with Gasteiger partial charge >= 0.3 is 5.97 Å². The van der Waals surface area contributed by atoms with Crippen LogP contribution in [0.3, 0.4) is 0 Å². The summed E-state index contributed by atoms with van der Waals surface area (Å²) in [6.07, 6.45) is -1.23. The summed E-state index contributed by atoms with van der Waals surface area (Å²) in [5.74, 6) is -1.84. The van der Waals surface area contributed by atoms with E-state index in [1.54, 1.807) is 48.5 Å². The minimum absolute atomic E-state index is 0.131. The molecule has 3 N–H and O–H groups in total. The summed E-state index contributed by atoms with van der Waals surface area (Å²) in [5, 5.41) is 11.7. The van der Waals surface area contributed by atoms with Gasteiger partial charge in [-0.05, 0) is 48.5 Å². The first-order valence-corrected chi connectivity index (χ1v) is 9.95. The minimum Gasteiger partial charge on any atom is -0.481 e. The molecule has 3 aromatic rings. The molecule has 0 bridgehead atoms. The van der Waals surface area contributed by atoms with E-state index in [9.17, 15) is 18.8 Å². The van der Waals surface area contributed by atoms with Gasteiger partial charge < -0.3 is 15.2 Å². The van der Waals surface area contributed by atoms with Crippen molar-refractivity contribution in [3.8, 4) is 17.0 Å². The predicted molar refractivity (Wildman–Crippen MR) is 114 cm³/mol. The van der Waals surface area contributed by atoms with Crippen LogP contribution in [0.2, 0.25) is 0 Å². The largest absolute Gasteiger partial charge is 0.481 e. The van der Waals surface area contributed by atoms with E-state index in [0.29, 0.717) is 28.4 Å². The SMILES string of the molecule is O=C(O)CCc1ccc(-c2ccc(F)cc2)n1NC(=O)C[C@@H]1Oc2ccccc2NC1=O. The number of carboxylic acids is 1. The quantitative estimate of drug-likeness (QED) is 0.526. The lowest BCUT2D eigenvalue weighted by atomic mass is 10.1. The topological polar surface area (TPSA) is 110 Å². The maximum absolute atomic E-state index is 13.3. The molecule has 1 aliphatic heterocycles. The first-order valence-electron chi connectivity index (χ1n) is 9.95. The number of carbonyl (C=O) groups excluding carboxylic acids is 2. The van der Waals surface area contributed by atoms with Crippen LogP contribution < -0.4 is 15.5 Å². The highest BCUT2D eigenvalue weighted by Gasteiger charge is 2.30. The number of aromatic nitrogens is 1. The molecule has 0 fully saturated rings. The summed E-state index contributed by atoms with van der Waals surface area (Å²) in [6, 6.07) is 16.0. The second kappa shape index (κ2) is 8.93. The number of amides is 2. The van der Waals surface area contributed by atoms with Crippen LogP contribution in [0.4, 0.5) is 10.1 Å². The zero-order valence-electron chi connectivity index (χ0n) is 16.9. The van der Waals surface area contributed by atoms with Crippen LogP contribution in [0.25, 0.3) is 11.3 Å². The second-order valence-electron chi connectivity index (χ2n) is 7.28. The summed E-state index contributed by atoms with van der Waals surface area (Å²) >= 11 is 0. The Balaban J connectivity index is 1.54. The van der Waals surface area contributed by atoms with Gasteiger partial charge in [-0.2, -0.15) is 0 Å². The van der Waals surface area contributed by atoms with E-state index in [2.05, 4.69) is 10.7 Å². The third kappa shape index (κ3) is 4.61. The molecule has 8 nitrogen and oxygen atoms in total. The normalized spacial score (nSPS) is 14.8. The van der Waals surface area contributed by atoms with Crippen LogP contribution in [0.15, 0.2) is 60.7 Å². The van der Waals surface area contributed by atoms with E-state index in [4.69, 9.17) is 9.84 Å². The molecule has 0 unspecified atom stereocenters. The molecule has 0 saturated carbocycles. The molecule has 2 aromatic carbocycles. The molecule has 1 atom stereocenters. The maximum Gasteiger partial charge on any atom is 0.303 e. The third-order valence-corrected chi connectivity index (χ3v) is 5.01. The third-order valence-electron chi connectivity index (χ3n) is 5.01. The summed E-state index contributed by atoms with van der Waals surface area (Å²) in [5.41, 5.74) is 5.00. The summed E-state index contributed by atoms with van der Waals surface area (Å²) in [7, 11) is 0. The number of nitrogens with zero attached hydrogens (tertiary/aromatic N) is 1. The number of hydrogen-bond donors (Lipinski definition) is 3. The molecule has 0 spiro atoms. The van der Waals surface area contributed by atoms with Crippen LogP contribution in [0.1, 0.15) is 18.5 Å². The Morgan fingerprint density at radius 1 is 1.09 bits per heavy atom. The fraction of sp³-hybridized carbons (Fsp3) is 0.174. The van der Waals surface area contributed by atoms with Crippen LogP contribution in [-0.2, 0) is 20.8 Å². The molecule has 0 aliphatic carbocycles. The number of aliphatic carboxylic acids is 1. The number of anilines is 1. The number of halogens is 1. The Hall–Kier alpha value is -4.14. The van der Waals surface area contributed by atoms with E-state index >= 15 is 0 Å². The van der Waals surface area contributed by atoms with Gasteiger partial charge in [0.2, 0.25) is 5.91 Å². The Bertz CT molecular complexity index is 1170. The zero-order valence-corrected chi connectivity index (χ0v) is 16.9. The molecule has 32 heavy (non-hydrogen) atoms. The Kier molecular flexibility index (Phi) is 5.89. The van der Waals surface area contributed by atoms with Gasteiger partial charge in [-0.1, -0.05) is 12.1 Å². The van der Waals surface area contributed by atoms with Crippen LogP contribution >= 0.6 is 0 Å². The lowest BCUT2D eigenvalue weighted by molar-refractivity contribution is -0.137. The first kappa shape index (κ1) is 21.1. The van der Waals surface area contributed by atoms with Crippen molar-refractivity contribution in [1.82, 2.24) is 4.68 Å². The van der Waals surface area contributed by atoms with E-state index in [0.717, 1.165) is 0 Å². The smallest absolute Gasteiger partial charge is 0.303 e. The molecule has 2 amide bonds. The van der Waals surface area contributed by atoms with Gasteiger partial charge in [0.1, 0.15) is 11.6 Å². The van der Waals surface area contributed by atoms with Crippen LogP contribution in [0, 0.1) is 5.82 Å². The maximum atomic E-state index is 13.3. The molecule has 1 aliphatic rings. The molecule has 4 rings (SSSR count). The zero-order chi connectivity index (χ0) is 22.7. The first-order chi connectivity index (χ1) is 15.4. The summed E-state index contributed by atoms with van der Waals surface area (Å²) in [4.78, 5) is 36.2. The summed E-state index contributed by atoms with van der Waals surface area (Å²) in [6.45, 7) is 0. The van der Waals surface area contributed by atoms with Gasteiger partial charge in [-0.15, -0.1) is 0 Å². The van der Waals surface area contributed by atoms with Gasteiger partial charge in [0.15, 0.2) is 6.10 Å². The predicted octanol–water partition coefficient (Wildman–Crippen LogP) is 3.17. The standard InChI is InChI=1S/C23H20FN3O5/c24-15-7-5-14(6-8-15)18-11-9-16(10-12-22(29)30)27(18)26-21(28)13-20-23(31)25-17-3-1-2-4-19(17)32-20/h1-9,11,20H,10,12-13H2,(H,25,31)(H,26,28)(H,29,30)/t20-/m0/s1. The van der Waals surface area contributed by atoms with Gasteiger partial charge in [0.25, 0.3) is 5.91 Å². The van der Waals surface area contributed by atoms with E-state index in [1.807, 2.05) is 0 Å². The minimum atomic E-state index is -1.02. The highest BCUT2D eigenvalue weighted by Crippen LogP contribution is 2.30. The lowest BCUT2D eigenvalue weighted by Gasteiger charge is -2.25. The molecular weight excluding hydrogens is 417 g/mol. The van der Waals surface area contributed by atoms with Crippen molar-refractivity contribution in [2.45, 2.75) is 25.4 Å². The number of rotatable bonds is 7. The van der Waals surface area contributed by atoms with Gasteiger partial charge in [-0.3, -0.25) is 24.5 Å². The lowest BCUT2D eigenvalue weighted by Crippen LogP contribution is -2.40. The van der Waals surface area contributed by atoms with Crippen LogP contribution in [0.5, 0.6) is 5.75 Å². The number of benzene rings is 2. The number of ether oxygens (including phenoxy) is 1. The fourth-order valence-corrected chi connectivity index (χ4v) is 3.45. The molecular formula is C23H20FN3O5. The molecule has 0 radical (unpaired) electrons. The van der Waals surface area contributed by atoms with Crippen molar-refractivity contribution >= 4 is 23.5 Å². The highest BCUT2D eigenvalue weighted by molar-refractivity contribution is 6.00. The van der Waals surface area contributed by atoms with Crippen molar-refractivity contribution in [2.24, 2.45) is 0 Å². The number of hydrogen-bond acceptors (Lipinski definition) is 4. The van der Waals surface area contributed by atoms with Crippen molar-refractivity contribution in [3.05, 3.63) is 72.2 Å². The average Bonchev–Trinajstić information content (AvgIpc) is 3.15. The summed E-state index contributed by atoms with van der Waals surface area (Å²) < 4.78 is 20.5. The number of fused-ring (bicyclic) bond motifs is 1. The molecule has 164 valence electrons.